The van der Waals surface area contributed by atoms with Crippen LogP contribution in [0.5, 0.6) is 0 Å². The molecule has 0 saturated carbocycles. The van der Waals surface area contributed by atoms with Crippen molar-refractivity contribution in [2.45, 2.75) is 45.6 Å². The maximum absolute atomic E-state index is 11.9. The van der Waals surface area contributed by atoms with Gasteiger partial charge < -0.3 is 15.0 Å². The molecule has 0 aliphatic carbocycles. The minimum atomic E-state index is -0.245. The van der Waals surface area contributed by atoms with Gasteiger partial charge in [0.1, 0.15) is 5.01 Å². The monoisotopic (exact) mass is 341 g/mol. The molecule has 1 aliphatic heterocycles. The van der Waals surface area contributed by atoms with Gasteiger partial charge >= 0.3 is 6.03 Å². The number of rotatable bonds is 8. The predicted molar refractivity (Wildman–Crippen MR) is 92.0 cm³/mol. The van der Waals surface area contributed by atoms with Crippen molar-refractivity contribution in [3.63, 3.8) is 0 Å². The van der Waals surface area contributed by atoms with Gasteiger partial charge in [0.15, 0.2) is 0 Å². The van der Waals surface area contributed by atoms with E-state index in [1.54, 1.807) is 0 Å². The third-order valence-corrected chi connectivity index (χ3v) is 4.89. The van der Waals surface area contributed by atoms with E-state index in [1.165, 1.54) is 17.8 Å². The number of hydrogen-bond acceptors (Lipinski definition) is 6. The zero-order chi connectivity index (χ0) is 16.5. The van der Waals surface area contributed by atoms with Gasteiger partial charge in [-0.05, 0) is 32.4 Å². The third-order valence-electron chi connectivity index (χ3n) is 3.99. The summed E-state index contributed by atoms with van der Waals surface area (Å²) in [6, 6.07) is -0.245. The van der Waals surface area contributed by atoms with Crippen LogP contribution in [0.25, 0.3) is 0 Å². The SMILES string of the molecule is CCN(CC)CCc1nnc(NC(=O)NC[C@H]2CCCCO2)s1. The molecule has 23 heavy (non-hydrogen) atoms. The first-order valence-corrected chi connectivity index (χ1v) is 9.24. The number of carbonyl (C=O) groups excluding carboxylic acids is 1. The third kappa shape index (κ3) is 6.40. The highest BCUT2D eigenvalue weighted by Crippen LogP contribution is 2.16. The summed E-state index contributed by atoms with van der Waals surface area (Å²) in [5.74, 6) is 0. The molecular formula is C15H27N5O2S. The van der Waals surface area contributed by atoms with E-state index in [-0.39, 0.29) is 12.1 Å². The maximum atomic E-state index is 11.9. The lowest BCUT2D eigenvalue weighted by molar-refractivity contribution is 0.0187. The summed E-state index contributed by atoms with van der Waals surface area (Å²) in [6.07, 6.45) is 4.28. The van der Waals surface area contributed by atoms with Gasteiger partial charge in [-0.15, -0.1) is 10.2 Å². The Morgan fingerprint density at radius 3 is 2.87 bits per heavy atom. The number of nitrogens with one attached hydrogen (secondary N) is 2. The minimum Gasteiger partial charge on any atom is -0.376 e. The second-order valence-electron chi connectivity index (χ2n) is 5.60. The first-order valence-electron chi connectivity index (χ1n) is 8.42. The number of ether oxygens (including phenoxy) is 1. The van der Waals surface area contributed by atoms with Gasteiger partial charge in [0.05, 0.1) is 6.10 Å². The average molecular weight is 341 g/mol. The van der Waals surface area contributed by atoms with Crippen molar-refractivity contribution >= 4 is 22.5 Å². The van der Waals surface area contributed by atoms with E-state index in [4.69, 9.17) is 4.74 Å². The molecule has 130 valence electrons. The van der Waals surface area contributed by atoms with E-state index in [9.17, 15) is 4.79 Å². The van der Waals surface area contributed by atoms with E-state index in [0.29, 0.717) is 11.7 Å². The van der Waals surface area contributed by atoms with Gasteiger partial charge in [-0.2, -0.15) is 0 Å². The Balaban J connectivity index is 1.69. The molecule has 7 nitrogen and oxygen atoms in total. The van der Waals surface area contributed by atoms with Crippen molar-refractivity contribution in [2.75, 3.05) is 38.1 Å². The van der Waals surface area contributed by atoms with Crippen LogP contribution in [-0.4, -0.2) is 60.0 Å². The number of hydrogen-bond donors (Lipinski definition) is 2. The van der Waals surface area contributed by atoms with Gasteiger partial charge in [0.2, 0.25) is 5.13 Å². The maximum Gasteiger partial charge on any atom is 0.321 e. The number of amides is 2. The highest BCUT2D eigenvalue weighted by atomic mass is 32.1. The molecule has 0 aromatic carbocycles. The van der Waals surface area contributed by atoms with Crippen LogP contribution in [0.2, 0.25) is 0 Å². The fraction of sp³-hybridized carbons (Fsp3) is 0.800. The molecule has 0 radical (unpaired) electrons. The molecule has 0 unspecified atom stereocenters. The molecule has 2 amide bonds. The summed E-state index contributed by atoms with van der Waals surface area (Å²) in [7, 11) is 0. The lowest BCUT2D eigenvalue weighted by Gasteiger charge is -2.22. The Bertz CT molecular complexity index is 472. The van der Waals surface area contributed by atoms with E-state index in [1.807, 2.05) is 0 Å². The molecule has 1 saturated heterocycles. The van der Waals surface area contributed by atoms with E-state index < -0.39 is 0 Å². The number of aromatic nitrogens is 2. The first-order chi connectivity index (χ1) is 11.2. The van der Waals surface area contributed by atoms with Crippen LogP contribution in [0.15, 0.2) is 0 Å². The Labute approximate surface area is 141 Å². The summed E-state index contributed by atoms with van der Waals surface area (Å²) in [6.45, 7) is 8.67. The Morgan fingerprint density at radius 2 is 2.17 bits per heavy atom. The predicted octanol–water partition coefficient (Wildman–Crippen LogP) is 2.11. The lowest BCUT2D eigenvalue weighted by Crippen LogP contribution is -2.37. The molecule has 2 N–H and O–H groups in total. The summed E-state index contributed by atoms with van der Waals surface area (Å²) in [5.41, 5.74) is 0. The largest absolute Gasteiger partial charge is 0.376 e. The van der Waals surface area contributed by atoms with Crippen molar-refractivity contribution in [3.8, 4) is 0 Å². The smallest absolute Gasteiger partial charge is 0.321 e. The molecule has 0 spiro atoms. The number of anilines is 1. The molecule has 2 heterocycles. The van der Waals surface area contributed by atoms with Crippen LogP contribution in [0.4, 0.5) is 9.93 Å². The average Bonchev–Trinajstić information content (AvgIpc) is 3.02. The normalized spacial score (nSPS) is 18.1. The van der Waals surface area contributed by atoms with Crippen LogP contribution in [-0.2, 0) is 11.2 Å². The quantitative estimate of drug-likeness (QED) is 0.757. The van der Waals surface area contributed by atoms with Crippen molar-refractivity contribution < 1.29 is 9.53 Å². The first kappa shape index (κ1) is 18.1. The molecule has 8 heteroatoms. The lowest BCUT2D eigenvalue weighted by atomic mass is 10.1. The van der Waals surface area contributed by atoms with Crippen LogP contribution < -0.4 is 10.6 Å². The van der Waals surface area contributed by atoms with Crippen molar-refractivity contribution in [1.82, 2.24) is 20.4 Å². The zero-order valence-corrected chi connectivity index (χ0v) is 14.8. The molecule has 1 fully saturated rings. The summed E-state index contributed by atoms with van der Waals surface area (Å²) in [5, 5.41) is 15.2. The summed E-state index contributed by atoms with van der Waals surface area (Å²) >= 11 is 1.43. The second kappa shape index (κ2) is 9.79. The molecular weight excluding hydrogens is 314 g/mol. The number of carbonyl (C=O) groups is 1. The Kier molecular flexibility index (Phi) is 7.70. The van der Waals surface area contributed by atoms with Gasteiger partial charge in [0, 0.05) is 26.1 Å². The highest BCUT2D eigenvalue weighted by Gasteiger charge is 2.15. The standard InChI is InChI=1S/C15H27N5O2S/c1-3-20(4-2)9-8-13-18-19-15(23-13)17-14(21)16-11-12-7-5-6-10-22-12/h12H,3-11H2,1-2H3,(H2,16,17,19,21)/t12-/m1/s1. The summed E-state index contributed by atoms with van der Waals surface area (Å²) < 4.78 is 5.59. The van der Waals surface area contributed by atoms with E-state index >= 15 is 0 Å². The topological polar surface area (TPSA) is 79.4 Å². The van der Waals surface area contributed by atoms with Gasteiger partial charge in [-0.3, -0.25) is 5.32 Å². The molecule has 1 aliphatic rings. The van der Waals surface area contributed by atoms with Gasteiger partial charge in [0.25, 0.3) is 0 Å². The van der Waals surface area contributed by atoms with Crippen LogP contribution in [0, 0.1) is 0 Å². The molecule has 1 aromatic heterocycles. The van der Waals surface area contributed by atoms with E-state index in [2.05, 4.69) is 39.6 Å². The van der Waals surface area contributed by atoms with Gasteiger partial charge in [-0.25, -0.2) is 4.79 Å². The fourth-order valence-corrected chi connectivity index (χ4v) is 3.24. The number of likely N-dealkylation sites (N-methyl/N-ethyl adjacent to an activating group) is 1. The van der Waals surface area contributed by atoms with Crippen molar-refractivity contribution in [2.24, 2.45) is 0 Å². The molecule has 1 atom stereocenters. The Hall–Kier alpha value is -1.25. The van der Waals surface area contributed by atoms with Crippen LogP contribution >= 0.6 is 11.3 Å². The van der Waals surface area contributed by atoms with Crippen LogP contribution in [0.3, 0.4) is 0 Å². The molecule has 0 bridgehead atoms. The minimum absolute atomic E-state index is 0.133. The highest BCUT2D eigenvalue weighted by molar-refractivity contribution is 7.15. The van der Waals surface area contributed by atoms with Crippen molar-refractivity contribution in [3.05, 3.63) is 5.01 Å². The van der Waals surface area contributed by atoms with Crippen molar-refractivity contribution in [1.29, 1.82) is 0 Å². The fourth-order valence-electron chi connectivity index (χ4n) is 2.51. The Morgan fingerprint density at radius 1 is 1.35 bits per heavy atom. The number of nitrogens with zero attached hydrogens (tertiary/aromatic N) is 3. The summed E-state index contributed by atoms with van der Waals surface area (Å²) in [4.78, 5) is 14.2. The molecule has 1 aromatic rings. The number of urea groups is 1. The second-order valence-corrected chi connectivity index (χ2v) is 6.66. The molecule has 2 rings (SSSR count). The van der Waals surface area contributed by atoms with Gasteiger partial charge in [-0.1, -0.05) is 25.2 Å². The zero-order valence-electron chi connectivity index (χ0n) is 14.0. The van der Waals surface area contributed by atoms with Crippen LogP contribution in [0.1, 0.15) is 38.1 Å². The van der Waals surface area contributed by atoms with E-state index in [0.717, 1.165) is 50.5 Å².